The van der Waals surface area contributed by atoms with Gasteiger partial charge in [-0.05, 0) is 12.8 Å². The standard InChI is InChI=1S/C14H27N3/c1-3-5-7-8-9-10-12-14-15-13(16-17-14)11-6-4-2/h3-12H2,1-2H3,(H,15,16,17). The van der Waals surface area contributed by atoms with Crippen molar-refractivity contribution in [3.63, 3.8) is 0 Å². The number of hydrogen-bond acceptors (Lipinski definition) is 2. The van der Waals surface area contributed by atoms with Gasteiger partial charge in [0.25, 0.3) is 0 Å². The highest BCUT2D eigenvalue weighted by atomic mass is 15.2. The molecule has 0 amide bonds. The molecule has 98 valence electrons. The Labute approximate surface area is 105 Å². The van der Waals surface area contributed by atoms with E-state index in [-0.39, 0.29) is 0 Å². The second kappa shape index (κ2) is 9.20. The molecule has 0 atom stereocenters. The predicted octanol–water partition coefficient (Wildman–Crippen LogP) is 4.05. The number of nitrogens with one attached hydrogen (secondary N) is 1. The maximum atomic E-state index is 4.52. The van der Waals surface area contributed by atoms with Crippen molar-refractivity contribution in [3.8, 4) is 0 Å². The van der Waals surface area contributed by atoms with Gasteiger partial charge in [0, 0.05) is 12.8 Å². The van der Waals surface area contributed by atoms with Crippen LogP contribution in [0.2, 0.25) is 0 Å². The summed E-state index contributed by atoms with van der Waals surface area (Å²) >= 11 is 0. The van der Waals surface area contributed by atoms with Gasteiger partial charge in [-0.2, -0.15) is 5.10 Å². The highest BCUT2D eigenvalue weighted by Crippen LogP contribution is 2.08. The molecule has 17 heavy (non-hydrogen) atoms. The molecule has 1 aromatic rings. The molecule has 0 saturated carbocycles. The molecule has 0 bridgehead atoms. The molecular weight excluding hydrogens is 210 g/mol. The fraction of sp³-hybridized carbons (Fsp3) is 0.857. The lowest BCUT2D eigenvalue weighted by molar-refractivity contribution is 0.601. The zero-order valence-corrected chi connectivity index (χ0v) is 11.5. The minimum atomic E-state index is 0.993. The van der Waals surface area contributed by atoms with Crippen molar-refractivity contribution < 1.29 is 0 Å². The molecular formula is C14H27N3. The van der Waals surface area contributed by atoms with Gasteiger partial charge in [-0.3, -0.25) is 5.10 Å². The molecule has 1 heterocycles. The Kier molecular flexibility index (Phi) is 7.69. The van der Waals surface area contributed by atoms with E-state index in [0.717, 1.165) is 24.5 Å². The second-order valence-electron chi connectivity index (χ2n) is 4.82. The Morgan fingerprint density at radius 1 is 0.824 bits per heavy atom. The van der Waals surface area contributed by atoms with Crippen LogP contribution in [0.25, 0.3) is 0 Å². The van der Waals surface area contributed by atoms with Crippen LogP contribution in [0.5, 0.6) is 0 Å². The number of rotatable bonds is 10. The van der Waals surface area contributed by atoms with E-state index in [2.05, 4.69) is 29.0 Å². The van der Waals surface area contributed by atoms with Crippen molar-refractivity contribution >= 4 is 0 Å². The third kappa shape index (κ3) is 6.44. The van der Waals surface area contributed by atoms with Gasteiger partial charge in [0.1, 0.15) is 5.82 Å². The minimum absolute atomic E-state index is 0.993. The molecule has 3 heteroatoms. The molecule has 0 aliphatic rings. The topological polar surface area (TPSA) is 41.6 Å². The first-order chi connectivity index (χ1) is 8.36. The summed E-state index contributed by atoms with van der Waals surface area (Å²) in [6.07, 6.45) is 12.5. The van der Waals surface area contributed by atoms with E-state index in [1.807, 2.05) is 0 Å². The molecule has 0 spiro atoms. The van der Waals surface area contributed by atoms with Crippen LogP contribution in [0.4, 0.5) is 0 Å². The van der Waals surface area contributed by atoms with Crippen LogP contribution in [0.15, 0.2) is 0 Å². The van der Waals surface area contributed by atoms with Gasteiger partial charge in [-0.25, -0.2) is 4.98 Å². The summed E-state index contributed by atoms with van der Waals surface area (Å²) < 4.78 is 0. The first kappa shape index (κ1) is 14.2. The van der Waals surface area contributed by atoms with Crippen LogP contribution in [-0.2, 0) is 12.8 Å². The fourth-order valence-electron chi connectivity index (χ4n) is 1.97. The highest BCUT2D eigenvalue weighted by Gasteiger charge is 2.02. The van der Waals surface area contributed by atoms with Gasteiger partial charge in [-0.15, -0.1) is 0 Å². The Bertz CT molecular complexity index is 281. The number of H-pyrrole nitrogens is 1. The number of unbranched alkanes of at least 4 members (excludes halogenated alkanes) is 6. The molecule has 0 saturated heterocycles. The van der Waals surface area contributed by atoms with E-state index in [1.165, 1.54) is 51.4 Å². The first-order valence-electron chi connectivity index (χ1n) is 7.27. The number of aromatic nitrogens is 3. The summed E-state index contributed by atoms with van der Waals surface area (Å²) in [5, 5.41) is 7.30. The largest absolute Gasteiger partial charge is 0.263 e. The minimum Gasteiger partial charge on any atom is -0.263 e. The SMILES string of the molecule is CCCCCCCCc1nc(CCCC)n[nH]1. The van der Waals surface area contributed by atoms with Crippen LogP contribution < -0.4 is 0 Å². The second-order valence-corrected chi connectivity index (χ2v) is 4.82. The van der Waals surface area contributed by atoms with Gasteiger partial charge in [0.2, 0.25) is 0 Å². The molecule has 0 fully saturated rings. The zero-order chi connectivity index (χ0) is 12.3. The van der Waals surface area contributed by atoms with Gasteiger partial charge >= 0.3 is 0 Å². The lowest BCUT2D eigenvalue weighted by Gasteiger charge is -1.98. The maximum absolute atomic E-state index is 4.52. The normalized spacial score (nSPS) is 10.9. The smallest absolute Gasteiger partial charge is 0.150 e. The third-order valence-electron chi connectivity index (χ3n) is 3.10. The zero-order valence-electron chi connectivity index (χ0n) is 11.5. The summed E-state index contributed by atoms with van der Waals surface area (Å²) in [5.41, 5.74) is 0. The summed E-state index contributed by atoms with van der Waals surface area (Å²) in [6.45, 7) is 4.45. The molecule has 0 aromatic carbocycles. The van der Waals surface area contributed by atoms with Crippen molar-refractivity contribution in [2.24, 2.45) is 0 Å². The molecule has 0 unspecified atom stereocenters. The summed E-state index contributed by atoms with van der Waals surface area (Å²) in [5.74, 6) is 2.07. The van der Waals surface area contributed by atoms with Gasteiger partial charge in [-0.1, -0.05) is 52.4 Å². The van der Waals surface area contributed by atoms with Gasteiger partial charge in [0.15, 0.2) is 5.82 Å². The van der Waals surface area contributed by atoms with Gasteiger partial charge in [0.05, 0.1) is 0 Å². The molecule has 0 aliphatic heterocycles. The molecule has 0 aliphatic carbocycles. The number of aromatic amines is 1. The molecule has 0 radical (unpaired) electrons. The molecule has 3 nitrogen and oxygen atoms in total. The Morgan fingerprint density at radius 2 is 1.53 bits per heavy atom. The number of nitrogens with zero attached hydrogens (tertiary/aromatic N) is 2. The van der Waals surface area contributed by atoms with E-state index < -0.39 is 0 Å². The van der Waals surface area contributed by atoms with E-state index in [1.54, 1.807) is 0 Å². The Morgan fingerprint density at radius 3 is 2.29 bits per heavy atom. The van der Waals surface area contributed by atoms with Crippen LogP contribution >= 0.6 is 0 Å². The van der Waals surface area contributed by atoms with E-state index in [4.69, 9.17) is 0 Å². The quantitative estimate of drug-likeness (QED) is 0.624. The van der Waals surface area contributed by atoms with Crippen molar-refractivity contribution in [1.29, 1.82) is 0 Å². The number of aryl methyl sites for hydroxylation is 2. The molecule has 1 N–H and O–H groups in total. The summed E-state index contributed by atoms with van der Waals surface area (Å²) in [6, 6.07) is 0. The van der Waals surface area contributed by atoms with Crippen molar-refractivity contribution in [1.82, 2.24) is 15.2 Å². The summed E-state index contributed by atoms with van der Waals surface area (Å²) in [4.78, 5) is 4.52. The van der Waals surface area contributed by atoms with E-state index in [9.17, 15) is 0 Å². The van der Waals surface area contributed by atoms with Gasteiger partial charge < -0.3 is 0 Å². The Hall–Kier alpha value is -0.860. The average Bonchev–Trinajstić information content (AvgIpc) is 2.79. The Balaban J connectivity index is 2.08. The van der Waals surface area contributed by atoms with E-state index >= 15 is 0 Å². The van der Waals surface area contributed by atoms with Crippen molar-refractivity contribution in [2.75, 3.05) is 0 Å². The third-order valence-corrected chi connectivity index (χ3v) is 3.10. The maximum Gasteiger partial charge on any atom is 0.150 e. The molecule has 1 aromatic heterocycles. The predicted molar refractivity (Wildman–Crippen MR) is 72.1 cm³/mol. The lowest BCUT2D eigenvalue weighted by Crippen LogP contribution is -1.90. The fourth-order valence-corrected chi connectivity index (χ4v) is 1.97. The van der Waals surface area contributed by atoms with Crippen LogP contribution in [-0.4, -0.2) is 15.2 Å². The van der Waals surface area contributed by atoms with Crippen molar-refractivity contribution in [2.45, 2.75) is 78.1 Å². The van der Waals surface area contributed by atoms with Crippen molar-refractivity contribution in [3.05, 3.63) is 11.6 Å². The first-order valence-corrected chi connectivity index (χ1v) is 7.27. The number of hydrogen-bond donors (Lipinski definition) is 1. The molecule has 1 rings (SSSR count). The van der Waals surface area contributed by atoms with Crippen LogP contribution in [0, 0.1) is 0 Å². The van der Waals surface area contributed by atoms with Crippen LogP contribution in [0.1, 0.15) is 76.9 Å². The monoisotopic (exact) mass is 237 g/mol. The summed E-state index contributed by atoms with van der Waals surface area (Å²) in [7, 11) is 0. The highest BCUT2D eigenvalue weighted by molar-refractivity contribution is 4.90. The van der Waals surface area contributed by atoms with Crippen LogP contribution in [0.3, 0.4) is 0 Å². The van der Waals surface area contributed by atoms with E-state index in [0.29, 0.717) is 0 Å². The lowest BCUT2D eigenvalue weighted by atomic mass is 10.1. The average molecular weight is 237 g/mol.